The van der Waals surface area contributed by atoms with Crippen LogP contribution in [0.3, 0.4) is 0 Å². The van der Waals surface area contributed by atoms with Gasteiger partial charge in [0.1, 0.15) is 17.2 Å². The van der Waals surface area contributed by atoms with Crippen LogP contribution in [0, 0.1) is 20.8 Å². The highest BCUT2D eigenvalue weighted by atomic mass is 32.1. The Kier molecular flexibility index (Phi) is 7.80. The number of carbonyl (C=O) groups is 1. The van der Waals surface area contributed by atoms with E-state index in [0.29, 0.717) is 16.6 Å². The molecule has 8 nitrogen and oxygen atoms in total. The molecule has 0 amide bonds. The number of pyridine rings is 1. The van der Waals surface area contributed by atoms with Gasteiger partial charge in [-0.25, -0.2) is 4.79 Å². The quantitative estimate of drug-likeness (QED) is 0.176. The molecule has 0 unspecified atom stereocenters. The highest BCUT2D eigenvalue weighted by molar-refractivity contribution is 7.80. The van der Waals surface area contributed by atoms with Gasteiger partial charge >= 0.3 is 5.97 Å². The Balaban J connectivity index is 1.41. The van der Waals surface area contributed by atoms with Crippen LogP contribution in [0.25, 0.3) is 5.69 Å². The van der Waals surface area contributed by atoms with Crippen molar-refractivity contribution in [1.82, 2.24) is 14.9 Å². The van der Waals surface area contributed by atoms with Gasteiger partial charge in [-0.2, -0.15) is 0 Å². The van der Waals surface area contributed by atoms with E-state index in [0.717, 1.165) is 45.3 Å². The Morgan fingerprint density at radius 3 is 2.23 bits per heavy atom. The number of carboxylic acid groups (broad SMARTS) is 1. The zero-order valence-corrected chi connectivity index (χ0v) is 25.6. The number of methoxy groups -OCH3 is 1. The number of aromatic carboxylic acids is 1. The minimum atomic E-state index is -0.958. The average molecular weight is 605 g/mol. The standard InChI is InChI=1S/C35H32N4O4S/c1-21-8-9-24(34(40)41)20-31(21)38-22(2)19-29(23(38)3)33-32(30-7-5-6-18-36-30)37-35(44)39(33)25-10-12-27(13-11-25)43-28-16-14-26(42-4)15-17-28/h5-20,32-33H,1-4H3,(H,37,44)(H,40,41)/t32-,33-/m1/s1. The smallest absolute Gasteiger partial charge is 0.335 e. The van der Waals surface area contributed by atoms with Gasteiger partial charge in [0.2, 0.25) is 0 Å². The molecule has 9 heteroatoms. The molecule has 1 fully saturated rings. The predicted octanol–water partition coefficient (Wildman–Crippen LogP) is 7.47. The van der Waals surface area contributed by atoms with Crippen molar-refractivity contribution in [2.45, 2.75) is 32.9 Å². The van der Waals surface area contributed by atoms with Gasteiger partial charge in [-0.05, 0) is 123 Å². The van der Waals surface area contributed by atoms with Crippen LogP contribution in [0.4, 0.5) is 5.69 Å². The summed E-state index contributed by atoms with van der Waals surface area (Å²) in [6.07, 6.45) is 1.79. The Morgan fingerprint density at radius 1 is 0.909 bits per heavy atom. The summed E-state index contributed by atoms with van der Waals surface area (Å²) in [6.45, 7) is 6.09. The molecule has 222 valence electrons. The van der Waals surface area contributed by atoms with Crippen molar-refractivity contribution in [3.8, 4) is 22.9 Å². The fraction of sp³-hybridized carbons (Fsp3) is 0.171. The molecular formula is C35H32N4O4S. The molecule has 1 aliphatic heterocycles. The summed E-state index contributed by atoms with van der Waals surface area (Å²) in [7, 11) is 1.63. The topological polar surface area (TPSA) is 88.9 Å². The summed E-state index contributed by atoms with van der Waals surface area (Å²) in [5.41, 5.74) is 6.88. The molecule has 2 N–H and O–H groups in total. The lowest BCUT2D eigenvalue weighted by molar-refractivity contribution is 0.0697. The molecule has 2 atom stereocenters. The van der Waals surface area contributed by atoms with Crippen LogP contribution >= 0.6 is 12.2 Å². The summed E-state index contributed by atoms with van der Waals surface area (Å²) in [5.74, 6) is 1.21. The second-order valence-corrected chi connectivity index (χ2v) is 11.1. The fourth-order valence-corrected chi connectivity index (χ4v) is 6.19. The third-order valence-corrected chi connectivity index (χ3v) is 8.31. The third kappa shape index (κ3) is 5.38. The van der Waals surface area contributed by atoms with Crippen LogP contribution in [0.15, 0.2) is 97.2 Å². The molecule has 0 spiro atoms. The Hall–Kier alpha value is -5.15. The van der Waals surface area contributed by atoms with E-state index in [1.165, 1.54) is 0 Å². The monoisotopic (exact) mass is 604 g/mol. The number of nitrogens with zero attached hydrogens (tertiary/aromatic N) is 3. The molecule has 2 aromatic heterocycles. The van der Waals surface area contributed by atoms with Crippen molar-refractivity contribution in [3.63, 3.8) is 0 Å². The second kappa shape index (κ2) is 11.9. The first-order chi connectivity index (χ1) is 21.2. The van der Waals surface area contributed by atoms with Crippen molar-refractivity contribution >= 4 is 29.0 Å². The summed E-state index contributed by atoms with van der Waals surface area (Å²) in [5, 5.41) is 13.8. The summed E-state index contributed by atoms with van der Waals surface area (Å²) in [6, 6.07) is 28.1. The van der Waals surface area contributed by atoms with Crippen LogP contribution in [-0.4, -0.2) is 32.8 Å². The first-order valence-corrected chi connectivity index (χ1v) is 14.6. The number of hydrogen-bond acceptors (Lipinski definition) is 5. The number of ether oxygens (including phenoxy) is 2. The minimum Gasteiger partial charge on any atom is -0.497 e. The lowest BCUT2D eigenvalue weighted by Gasteiger charge is -2.28. The van der Waals surface area contributed by atoms with Crippen LogP contribution in [0.2, 0.25) is 0 Å². The SMILES string of the molecule is COc1ccc(Oc2ccc(N3C(=S)N[C@H](c4ccccn4)[C@H]3c3cc(C)n(-c4cc(C(=O)O)ccc4C)c3C)cc2)cc1. The third-order valence-electron chi connectivity index (χ3n) is 7.99. The molecule has 0 radical (unpaired) electrons. The van der Waals surface area contributed by atoms with Gasteiger partial charge in [0.25, 0.3) is 0 Å². The van der Waals surface area contributed by atoms with Crippen molar-refractivity contribution in [2.24, 2.45) is 0 Å². The van der Waals surface area contributed by atoms with Gasteiger partial charge in [-0.1, -0.05) is 12.1 Å². The van der Waals surface area contributed by atoms with E-state index in [-0.39, 0.29) is 17.6 Å². The molecule has 0 bridgehead atoms. The van der Waals surface area contributed by atoms with Gasteiger partial charge in [0, 0.05) is 29.0 Å². The lowest BCUT2D eigenvalue weighted by Crippen LogP contribution is -2.29. The van der Waals surface area contributed by atoms with E-state index in [2.05, 4.69) is 32.8 Å². The second-order valence-electron chi connectivity index (χ2n) is 10.7. The molecule has 0 aliphatic carbocycles. The van der Waals surface area contributed by atoms with Crippen molar-refractivity contribution in [1.29, 1.82) is 0 Å². The zero-order valence-electron chi connectivity index (χ0n) is 24.8. The first kappa shape index (κ1) is 28.9. The molecule has 1 saturated heterocycles. The largest absolute Gasteiger partial charge is 0.497 e. The summed E-state index contributed by atoms with van der Waals surface area (Å²) in [4.78, 5) is 18.6. The summed E-state index contributed by atoms with van der Waals surface area (Å²) < 4.78 is 13.4. The van der Waals surface area contributed by atoms with Gasteiger partial charge in [-0.15, -0.1) is 0 Å². The molecule has 1 aliphatic rings. The van der Waals surface area contributed by atoms with Crippen molar-refractivity contribution in [3.05, 3.63) is 131 Å². The Bertz CT molecular complexity index is 1840. The van der Waals surface area contributed by atoms with Gasteiger partial charge in [0.05, 0.1) is 30.5 Å². The van der Waals surface area contributed by atoms with Crippen molar-refractivity contribution < 1.29 is 19.4 Å². The van der Waals surface area contributed by atoms with E-state index in [4.69, 9.17) is 21.7 Å². The maximum atomic E-state index is 11.8. The predicted molar refractivity (Wildman–Crippen MR) is 174 cm³/mol. The zero-order chi connectivity index (χ0) is 31.0. The lowest BCUT2D eigenvalue weighted by atomic mass is 9.96. The number of aryl methyl sites for hydroxylation is 2. The number of hydrogen-bond donors (Lipinski definition) is 2. The molecule has 3 aromatic carbocycles. The van der Waals surface area contributed by atoms with Gasteiger partial charge in [-0.3, -0.25) is 4.98 Å². The van der Waals surface area contributed by atoms with Crippen LogP contribution in [0.1, 0.15) is 50.7 Å². The number of rotatable bonds is 8. The molecule has 5 aromatic rings. The van der Waals surface area contributed by atoms with E-state index >= 15 is 0 Å². The normalized spacial score (nSPS) is 16.1. The van der Waals surface area contributed by atoms with Crippen LogP contribution < -0.4 is 19.7 Å². The number of nitrogens with one attached hydrogen (secondary N) is 1. The number of anilines is 1. The summed E-state index contributed by atoms with van der Waals surface area (Å²) >= 11 is 5.95. The van der Waals surface area contributed by atoms with Gasteiger partial charge in [0.15, 0.2) is 5.11 Å². The van der Waals surface area contributed by atoms with Crippen LogP contribution in [-0.2, 0) is 0 Å². The fourth-order valence-electron chi connectivity index (χ4n) is 5.84. The molecule has 6 rings (SSSR count). The molecule has 3 heterocycles. The van der Waals surface area contributed by atoms with E-state index < -0.39 is 5.97 Å². The number of benzene rings is 3. The maximum absolute atomic E-state index is 11.8. The highest BCUT2D eigenvalue weighted by Gasteiger charge is 2.42. The Morgan fingerprint density at radius 2 is 1.59 bits per heavy atom. The van der Waals surface area contributed by atoms with Gasteiger partial charge < -0.3 is 29.4 Å². The van der Waals surface area contributed by atoms with Crippen LogP contribution in [0.5, 0.6) is 17.2 Å². The van der Waals surface area contributed by atoms with E-state index in [1.54, 1.807) is 25.4 Å². The number of aromatic nitrogens is 2. The molecular weight excluding hydrogens is 572 g/mol. The van der Waals surface area contributed by atoms with E-state index in [9.17, 15) is 9.90 Å². The maximum Gasteiger partial charge on any atom is 0.335 e. The minimum absolute atomic E-state index is 0.223. The molecule has 44 heavy (non-hydrogen) atoms. The number of thiocarbonyl (C=S) groups is 1. The Labute approximate surface area is 261 Å². The molecule has 0 saturated carbocycles. The highest BCUT2D eigenvalue weighted by Crippen LogP contribution is 2.44. The first-order valence-electron chi connectivity index (χ1n) is 14.2. The van der Waals surface area contributed by atoms with E-state index in [1.807, 2.05) is 86.6 Å². The number of carboxylic acids is 1. The van der Waals surface area contributed by atoms with Crippen molar-refractivity contribution in [2.75, 3.05) is 12.0 Å². The average Bonchev–Trinajstić information content (AvgIpc) is 3.53.